The predicted molar refractivity (Wildman–Crippen MR) is 122 cm³/mol. The maximum atomic E-state index is 12.8. The van der Waals surface area contributed by atoms with Gasteiger partial charge in [0.15, 0.2) is 0 Å². The van der Waals surface area contributed by atoms with Crippen molar-refractivity contribution in [3.63, 3.8) is 0 Å². The Morgan fingerprint density at radius 2 is 1.80 bits per heavy atom. The van der Waals surface area contributed by atoms with Crippen molar-refractivity contribution in [3.8, 4) is 22.7 Å². The number of amides is 1. The number of carbonyl (C=O) groups excluding carboxylic acids is 1. The minimum Gasteiger partial charge on any atom is -0.415 e. The summed E-state index contributed by atoms with van der Waals surface area (Å²) in [6.07, 6.45) is 0.599. The number of hydrogen-bond acceptors (Lipinski definition) is 7. The Morgan fingerprint density at radius 3 is 2.54 bits per heavy atom. The van der Waals surface area contributed by atoms with E-state index in [0.717, 1.165) is 54.0 Å². The van der Waals surface area contributed by atoms with Crippen molar-refractivity contribution in [2.75, 3.05) is 18.4 Å². The smallest absolute Gasteiger partial charge is 0.314 e. The fourth-order valence-electron chi connectivity index (χ4n) is 4.81. The Labute approximate surface area is 198 Å². The monoisotopic (exact) mass is 477 g/mol. The highest BCUT2D eigenvalue weighted by atomic mass is 19.3. The summed E-state index contributed by atoms with van der Waals surface area (Å²) in [4.78, 5) is 12.8. The first kappa shape index (κ1) is 21.5. The van der Waals surface area contributed by atoms with E-state index >= 15 is 0 Å². The summed E-state index contributed by atoms with van der Waals surface area (Å²) < 4.78 is 32.1. The fraction of sp³-hybridized carbons (Fsp3) is 0.292. The van der Waals surface area contributed by atoms with Crippen molar-refractivity contribution < 1.29 is 18.0 Å². The van der Waals surface area contributed by atoms with E-state index in [-0.39, 0.29) is 11.8 Å². The van der Waals surface area contributed by atoms with Gasteiger partial charge in [-0.15, -0.1) is 15.3 Å². The van der Waals surface area contributed by atoms with E-state index in [2.05, 4.69) is 37.2 Å². The second-order valence-electron chi connectivity index (χ2n) is 8.79. The summed E-state index contributed by atoms with van der Waals surface area (Å²) in [7, 11) is 0. The first-order valence-corrected chi connectivity index (χ1v) is 11.3. The number of benzene rings is 2. The molecule has 0 unspecified atom stereocenters. The zero-order valence-corrected chi connectivity index (χ0v) is 18.5. The van der Waals surface area contributed by atoms with Gasteiger partial charge in [-0.1, -0.05) is 23.4 Å². The SMILES string of the molecule is O=C1Nc2ccc(-c3cn(Cc4ccc(-c5nnc(C(F)F)o5)cc4)nn3)cc2C12CCNCC2. The molecule has 1 amide bonds. The third-order valence-corrected chi connectivity index (χ3v) is 6.68. The van der Waals surface area contributed by atoms with Gasteiger partial charge in [-0.05, 0) is 61.3 Å². The number of halogens is 2. The number of nitrogens with zero attached hydrogens (tertiary/aromatic N) is 5. The zero-order chi connectivity index (χ0) is 24.0. The average Bonchev–Trinajstić information content (AvgIpc) is 3.60. The molecule has 35 heavy (non-hydrogen) atoms. The summed E-state index contributed by atoms with van der Waals surface area (Å²) in [5.41, 5.74) is 4.54. The van der Waals surface area contributed by atoms with Gasteiger partial charge in [0.25, 0.3) is 5.89 Å². The largest absolute Gasteiger partial charge is 0.415 e. The van der Waals surface area contributed by atoms with Crippen LogP contribution in [0.25, 0.3) is 22.7 Å². The Kier molecular flexibility index (Phi) is 5.14. The van der Waals surface area contributed by atoms with Crippen LogP contribution in [0.2, 0.25) is 0 Å². The van der Waals surface area contributed by atoms with Crippen LogP contribution in [0.5, 0.6) is 0 Å². The molecule has 6 rings (SSSR count). The molecule has 4 heterocycles. The molecule has 2 aromatic heterocycles. The minimum absolute atomic E-state index is 0.0472. The van der Waals surface area contributed by atoms with Crippen molar-refractivity contribution in [2.24, 2.45) is 0 Å². The second kappa shape index (κ2) is 8.35. The number of nitrogens with one attached hydrogen (secondary N) is 2. The number of carbonyl (C=O) groups is 1. The lowest BCUT2D eigenvalue weighted by Crippen LogP contribution is -2.44. The molecule has 0 atom stereocenters. The van der Waals surface area contributed by atoms with E-state index < -0.39 is 17.7 Å². The van der Waals surface area contributed by atoms with Crippen LogP contribution in [0.1, 0.15) is 36.3 Å². The molecule has 178 valence electrons. The molecule has 1 saturated heterocycles. The molecule has 2 N–H and O–H groups in total. The molecule has 1 fully saturated rings. The molecule has 0 aliphatic carbocycles. The van der Waals surface area contributed by atoms with Gasteiger partial charge in [0, 0.05) is 16.8 Å². The lowest BCUT2D eigenvalue weighted by Gasteiger charge is -2.32. The minimum atomic E-state index is -2.80. The summed E-state index contributed by atoms with van der Waals surface area (Å²) in [6, 6.07) is 13.1. The molecular formula is C24H21F2N7O2. The highest BCUT2D eigenvalue weighted by molar-refractivity contribution is 6.06. The number of anilines is 1. The molecule has 2 aliphatic rings. The summed E-state index contributed by atoms with van der Waals surface area (Å²) in [5.74, 6) is -0.577. The highest BCUT2D eigenvalue weighted by Gasteiger charge is 2.47. The first-order chi connectivity index (χ1) is 17.0. The van der Waals surface area contributed by atoms with Crippen LogP contribution in [-0.2, 0) is 16.8 Å². The van der Waals surface area contributed by atoms with Gasteiger partial charge in [-0.2, -0.15) is 8.78 Å². The summed E-state index contributed by atoms with van der Waals surface area (Å²) >= 11 is 0. The summed E-state index contributed by atoms with van der Waals surface area (Å²) in [5, 5.41) is 22.0. The van der Waals surface area contributed by atoms with Gasteiger partial charge in [0.1, 0.15) is 5.69 Å². The van der Waals surface area contributed by atoms with E-state index in [1.807, 2.05) is 30.5 Å². The average molecular weight is 477 g/mol. The van der Waals surface area contributed by atoms with Crippen molar-refractivity contribution in [1.29, 1.82) is 0 Å². The molecule has 0 radical (unpaired) electrons. The van der Waals surface area contributed by atoms with Crippen molar-refractivity contribution in [1.82, 2.24) is 30.5 Å². The zero-order valence-electron chi connectivity index (χ0n) is 18.5. The van der Waals surface area contributed by atoms with E-state index in [9.17, 15) is 13.6 Å². The summed E-state index contributed by atoms with van der Waals surface area (Å²) in [6.45, 7) is 2.10. The predicted octanol–water partition coefficient (Wildman–Crippen LogP) is 3.55. The lowest BCUT2D eigenvalue weighted by atomic mass is 9.74. The van der Waals surface area contributed by atoms with Gasteiger partial charge in [-0.3, -0.25) is 4.79 Å². The number of hydrogen-bond donors (Lipinski definition) is 2. The molecule has 2 aliphatic heterocycles. The van der Waals surface area contributed by atoms with Crippen LogP contribution in [-0.4, -0.2) is 44.2 Å². The van der Waals surface area contributed by atoms with Gasteiger partial charge in [0.2, 0.25) is 11.8 Å². The van der Waals surface area contributed by atoms with Crippen molar-refractivity contribution in [3.05, 3.63) is 65.7 Å². The lowest BCUT2D eigenvalue weighted by molar-refractivity contribution is -0.121. The molecule has 4 aromatic rings. The van der Waals surface area contributed by atoms with Crippen LogP contribution in [0.3, 0.4) is 0 Å². The standard InChI is InChI=1S/C24H21F2N7O2/c25-20(26)22-31-30-21(35-22)15-3-1-14(2-4-15)12-33-13-19(29-32-33)16-5-6-18-17(11-16)24(23(34)28-18)7-9-27-10-8-24/h1-6,11,13,20,27H,7-10,12H2,(H,28,34). The Morgan fingerprint density at radius 1 is 1.03 bits per heavy atom. The van der Waals surface area contributed by atoms with E-state index in [0.29, 0.717) is 12.1 Å². The van der Waals surface area contributed by atoms with Crippen molar-refractivity contribution >= 4 is 11.6 Å². The van der Waals surface area contributed by atoms with Crippen molar-refractivity contribution in [2.45, 2.75) is 31.2 Å². The molecule has 11 heteroatoms. The third kappa shape index (κ3) is 3.77. The number of alkyl halides is 2. The van der Waals surface area contributed by atoms with Crippen LogP contribution in [0.15, 0.2) is 53.1 Å². The number of rotatable bonds is 5. The van der Waals surface area contributed by atoms with E-state index in [1.165, 1.54) is 0 Å². The second-order valence-corrected chi connectivity index (χ2v) is 8.79. The fourth-order valence-corrected chi connectivity index (χ4v) is 4.81. The Hall–Kier alpha value is -3.99. The number of piperidine rings is 1. The topological polar surface area (TPSA) is 111 Å². The van der Waals surface area contributed by atoms with Gasteiger partial charge >= 0.3 is 6.43 Å². The Balaban J connectivity index is 1.20. The quantitative estimate of drug-likeness (QED) is 0.452. The van der Waals surface area contributed by atoms with E-state index in [4.69, 9.17) is 4.42 Å². The van der Waals surface area contributed by atoms with Crippen LogP contribution < -0.4 is 10.6 Å². The van der Waals surface area contributed by atoms with E-state index in [1.54, 1.807) is 16.8 Å². The number of fused-ring (bicyclic) bond motifs is 2. The van der Waals surface area contributed by atoms with Crippen LogP contribution in [0.4, 0.5) is 14.5 Å². The molecule has 9 nitrogen and oxygen atoms in total. The van der Waals surface area contributed by atoms with Crippen LogP contribution in [0, 0.1) is 0 Å². The van der Waals surface area contributed by atoms with Crippen LogP contribution >= 0.6 is 0 Å². The molecular weight excluding hydrogens is 456 g/mol. The first-order valence-electron chi connectivity index (χ1n) is 11.3. The third-order valence-electron chi connectivity index (χ3n) is 6.68. The maximum absolute atomic E-state index is 12.8. The van der Waals surface area contributed by atoms with Gasteiger partial charge in [-0.25, -0.2) is 4.68 Å². The maximum Gasteiger partial charge on any atom is 0.314 e. The molecule has 2 aromatic carbocycles. The number of aromatic nitrogens is 5. The highest BCUT2D eigenvalue weighted by Crippen LogP contribution is 2.45. The van der Waals surface area contributed by atoms with Gasteiger partial charge < -0.3 is 15.1 Å². The van der Waals surface area contributed by atoms with Gasteiger partial charge in [0.05, 0.1) is 18.2 Å². The molecule has 0 bridgehead atoms. The Bertz CT molecular complexity index is 1390. The molecule has 1 spiro atoms. The molecule has 0 saturated carbocycles. The normalized spacial score (nSPS) is 16.6.